The van der Waals surface area contributed by atoms with Crippen LogP contribution >= 0.6 is 0 Å². The van der Waals surface area contributed by atoms with Crippen LogP contribution in [0, 0.1) is 6.92 Å². The standard InChI is InChI=1S/C14H11F3O4/c1-3-8-6(2)11-7(5-10(8)18)4-9(13(19)20)12(21-11)14(15,16)17/h3-5,12,18H,1H2,2H3,(H,19,20). The first kappa shape index (κ1) is 15.0. The number of ether oxygens (including phenoxy) is 1. The van der Waals surface area contributed by atoms with E-state index in [1.165, 1.54) is 13.0 Å². The number of aliphatic carboxylic acids is 1. The van der Waals surface area contributed by atoms with Gasteiger partial charge in [-0.25, -0.2) is 4.79 Å². The van der Waals surface area contributed by atoms with E-state index in [1.807, 2.05) is 0 Å². The maximum absolute atomic E-state index is 12.9. The second-order valence-electron chi connectivity index (χ2n) is 4.50. The van der Waals surface area contributed by atoms with E-state index in [4.69, 9.17) is 9.84 Å². The van der Waals surface area contributed by atoms with Crippen molar-refractivity contribution < 1.29 is 32.9 Å². The monoisotopic (exact) mass is 300 g/mol. The van der Waals surface area contributed by atoms with Gasteiger partial charge < -0.3 is 14.9 Å². The summed E-state index contributed by atoms with van der Waals surface area (Å²) < 4.78 is 43.7. The van der Waals surface area contributed by atoms with E-state index in [2.05, 4.69) is 6.58 Å². The summed E-state index contributed by atoms with van der Waals surface area (Å²) in [5.74, 6) is -2.06. The Bertz CT molecular complexity index is 659. The number of phenolic OH excluding ortho intramolecular Hbond substituents is 1. The Kier molecular flexibility index (Phi) is 3.44. The molecule has 0 bridgehead atoms. The molecule has 2 rings (SSSR count). The van der Waals surface area contributed by atoms with Crippen LogP contribution in [0.25, 0.3) is 12.2 Å². The molecular weight excluding hydrogens is 289 g/mol. The lowest BCUT2D eigenvalue weighted by Gasteiger charge is -2.28. The van der Waals surface area contributed by atoms with Crippen LogP contribution in [-0.4, -0.2) is 28.5 Å². The van der Waals surface area contributed by atoms with Gasteiger partial charge in [-0.15, -0.1) is 0 Å². The van der Waals surface area contributed by atoms with Crippen molar-refractivity contribution >= 4 is 18.1 Å². The lowest BCUT2D eigenvalue weighted by atomic mass is 9.96. The third-order valence-corrected chi connectivity index (χ3v) is 3.15. The first-order valence-corrected chi connectivity index (χ1v) is 5.84. The Hall–Kier alpha value is -2.44. The van der Waals surface area contributed by atoms with Crippen molar-refractivity contribution in [2.45, 2.75) is 19.2 Å². The average Bonchev–Trinajstić information content (AvgIpc) is 2.36. The molecule has 112 valence electrons. The molecule has 0 spiro atoms. The fourth-order valence-corrected chi connectivity index (χ4v) is 2.18. The average molecular weight is 300 g/mol. The molecule has 1 atom stereocenters. The van der Waals surface area contributed by atoms with E-state index in [-0.39, 0.29) is 28.2 Å². The summed E-state index contributed by atoms with van der Waals surface area (Å²) in [6.45, 7) is 4.93. The van der Waals surface area contributed by atoms with Gasteiger partial charge >= 0.3 is 12.1 Å². The van der Waals surface area contributed by atoms with Crippen molar-refractivity contribution in [2.75, 3.05) is 0 Å². The summed E-state index contributed by atoms with van der Waals surface area (Å²) in [5.41, 5.74) is -0.356. The number of hydrogen-bond acceptors (Lipinski definition) is 3. The second-order valence-corrected chi connectivity index (χ2v) is 4.50. The lowest BCUT2D eigenvalue weighted by molar-refractivity contribution is -0.187. The minimum Gasteiger partial charge on any atom is -0.507 e. The molecule has 2 N–H and O–H groups in total. The smallest absolute Gasteiger partial charge is 0.430 e. The van der Waals surface area contributed by atoms with Gasteiger partial charge in [-0.05, 0) is 19.1 Å². The van der Waals surface area contributed by atoms with Crippen molar-refractivity contribution in [3.63, 3.8) is 0 Å². The van der Waals surface area contributed by atoms with Crippen LogP contribution in [0.15, 0.2) is 18.2 Å². The maximum Gasteiger partial charge on any atom is 0.430 e. The third kappa shape index (κ3) is 2.46. The quantitative estimate of drug-likeness (QED) is 0.880. The summed E-state index contributed by atoms with van der Waals surface area (Å²) >= 11 is 0. The molecule has 1 aliphatic rings. The van der Waals surface area contributed by atoms with Crippen molar-refractivity contribution in [1.82, 2.24) is 0 Å². The molecule has 0 fully saturated rings. The number of fused-ring (bicyclic) bond motifs is 1. The first-order chi connectivity index (χ1) is 9.66. The second kappa shape index (κ2) is 4.83. The van der Waals surface area contributed by atoms with Gasteiger partial charge in [-0.2, -0.15) is 13.2 Å². The lowest BCUT2D eigenvalue weighted by Crippen LogP contribution is -2.40. The van der Waals surface area contributed by atoms with E-state index in [0.717, 1.165) is 12.1 Å². The molecule has 0 aliphatic carbocycles. The van der Waals surface area contributed by atoms with Gasteiger partial charge in [0.15, 0.2) is 0 Å². The Morgan fingerprint density at radius 1 is 1.48 bits per heavy atom. The molecule has 21 heavy (non-hydrogen) atoms. The Morgan fingerprint density at radius 2 is 2.10 bits per heavy atom. The number of carboxylic acid groups (broad SMARTS) is 1. The van der Waals surface area contributed by atoms with Gasteiger partial charge in [0.05, 0.1) is 5.57 Å². The third-order valence-electron chi connectivity index (χ3n) is 3.15. The van der Waals surface area contributed by atoms with Crippen molar-refractivity contribution in [1.29, 1.82) is 0 Å². The maximum atomic E-state index is 12.9. The van der Waals surface area contributed by atoms with Gasteiger partial charge in [0.2, 0.25) is 6.10 Å². The normalized spacial score (nSPS) is 17.5. The molecule has 1 aliphatic heterocycles. The highest BCUT2D eigenvalue weighted by molar-refractivity contribution is 5.95. The summed E-state index contributed by atoms with van der Waals surface area (Å²) in [7, 11) is 0. The molecule has 0 aromatic heterocycles. The van der Waals surface area contributed by atoms with Crippen molar-refractivity contribution in [3.8, 4) is 11.5 Å². The minimum absolute atomic E-state index is 0.0773. The Morgan fingerprint density at radius 3 is 2.57 bits per heavy atom. The summed E-state index contributed by atoms with van der Waals surface area (Å²) in [6.07, 6.45) is -5.27. The number of benzene rings is 1. The zero-order valence-electron chi connectivity index (χ0n) is 10.9. The summed E-state index contributed by atoms with van der Waals surface area (Å²) in [5, 5.41) is 18.7. The fraction of sp³-hybridized carbons (Fsp3) is 0.214. The summed E-state index contributed by atoms with van der Waals surface area (Å²) in [6, 6.07) is 1.15. The number of rotatable bonds is 2. The predicted octanol–water partition coefficient (Wildman–Crippen LogP) is 3.13. The zero-order chi connectivity index (χ0) is 15.9. The highest BCUT2D eigenvalue weighted by atomic mass is 19.4. The van der Waals surface area contributed by atoms with Crippen molar-refractivity contribution in [3.05, 3.63) is 34.9 Å². The largest absolute Gasteiger partial charge is 0.507 e. The van der Waals surface area contributed by atoms with Crippen LogP contribution in [0.2, 0.25) is 0 Å². The Balaban J connectivity index is 2.69. The van der Waals surface area contributed by atoms with E-state index < -0.39 is 23.8 Å². The number of halogens is 3. The van der Waals surface area contributed by atoms with Crippen LogP contribution in [0.5, 0.6) is 11.5 Å². The van der Waals surface area contributed by atoms with Crippen LogP contribution in [0.3, 0.4) is 0 Å². The fourth-order valence-electron chi connectivity index (χ4n) is 2.18. The SMILES string of the molecule is C=Cc1c(O)cc2c(c1C)OC(C(F)(F)F)C(C(=O)O)=C2. The molecule has 1 heterocycles. The minimum atomic E-state index is -4.86. The highest BCUT2D eigenvalue weighted by Crippen LogP contribution is 2.42. The van der Waals surface area contributed by atoms with Crippen LogP contribution in [0.4, 0.5) is 13.2 Å². The molecule has 1 aromatic rings. The van der Waals surface area contributed by atoms with E-state index >= 15 is 0 Å². The molecule has 0 amide bonds. The van der Waals surface area contributed by atoms with Gasteiger partial charge in [-0.1, -0.05) is 12.7 Å². The highest BCUT2D eigenvalue weighted by Gasteiger charge is 2.48. The Labute approximate surface area is 117 Å². The summed E-state index contributed by atoms with van der Waals surface area (Å²) in [4.78, 5) is 11.0. The number of carboxylic acids is 1. The van der Waals surface area contributed by atoms with Crippen LogP contribution < -0.4 is 4.74 Å². The molecule has 7 heteroatoms. The van der Waals surface area contributed by atoms with E-state index in [9.17, 15) is 23.1 Å². The van der Waals surface area contributed by atoms with E-state index in [0.29, 0.717) is 0 Å². The van der Waals surface area contributed by atoms with Crippen molar-refractivity contribution in [2.24, 2.45) is 0 Å². The molecule has 4 nitrogen and oxygen atoms in total. The number of phenols is 1. The number of hydrogen-bond donors (Lipinski definition) is 2. The molecular formula is C14H11F3O4. The van der Waals surface area contributed by atoms with Gasteiger partial charge in [-0.3, -0.25) is 0 Å². The number of carbonyl (C=O) groups is 1. The molecule has 0 saturated heterocycles. The number of aromatic hydroxyl groups is 1. The first-order valence-electron chi connectivity index (χ1n) is 5.84. The molecule has 1 unspecified atom stereocenters. The molecule has 0 saturated carbocycles. The topological polar surface area (TPSA) is 66.8 Å². The molecule has 0 radical (unpaired) electrons. The van der Waals surface area contributed by atoms with Gasteiger partial charge in [0.25, 0.3) is 0 Å². The predicted molar refractivity (Wildman–Crippen MR) is 69.0 cm³/mol. The number of alkyl halides is 3. The van der Waals surface area contributed by atoms with E-state index in [1.54, 1.807) is 0 Å². The zero-order valence-corrected chi connectivity index (χ0v) is 10.9. The van der Waals surface area contributed by atoms with Crippen LogP contribution in [-0.2, 0) is 4.79 Å². The molecule has 1 aromatic carbocycles. The van der Waals surface area contributed by atoms with Gasteiger partial charge in [0.1, 0.15) is 11.5 Å². The van der Waals surface area contributed by atoms with Crippen LogP contribution in [0.1, 0.15) is 16.7 Å². The van der Waals surface area contributed by atoms with Gasteiger partial charge in [0, 0.05) is 16.7 Å².